The second-order valence-electron chi connectivity index (χ2n) is 6.10. The van der Waals surface area contributed by atoms with E-state index in [9.17, 15) is 4.79 Å². The predicted octanol–water partition coefficient (Wildman–Crippen LogP) is 4.27. The Balaban J connectivity index is 2.03. The molecule has 0 saturated heterocycles. The summed E-state index contributed by atoms with van der Waals surface area (Å²) in [4.78, 5) is 17.7. The molecule has 0 aliphatic heterocycles. The molecule has 19 heavy (non-hydrogen) atoms. The first kappa shape index (κ1) is 12.5. The van der Waals surface area contributed by atoms with Crippen LogP contribution in [0.1, 0.15) is 41.2 Å². The van der Waals surface area contributed by atoms with Crippen molar-refractivity contribution in [1.82, 2.24) is 4.98 Å². The second kappa shape index (κ2) is 4.27. The van der Waals surface area contributed by atoms with Crippen LogP contribution >= 0.6 is 11.3 Å². The number of carbonyl (C=O) groups excluding carboxylic acids is 1. The van der Waals surface area contributed by atoms with Gasteiger partial charge in [-0.3, -0.25) is 4.79 Å². The van der Waals surface area contributed by atoms with Crippen LogP contribution in [-0.2, 0) is 6.42 Å². The second-order valence-corrected chi connectivity index (χ2v) is 7.10. The standard InChI is InChI=1S/C16H17NOS/c1-10-4-6-11(7-5-10)15-17-12-8-16(2,3)9-13(18)14(12)19-15/h4-7H,8-9H2,1-3H3. The number of aromatic nitrogens is 1. The zero-order chi connectivity index (χ0) is 13.6. The molecule has 1 aromatic heterocycles. The minimum atomic E-state index is 0.0443. The number of fused-ring (bicyclic) bond motifs is 1. The normalized spacial score (nSPS) is 17.3. The van der Waals surface area contributed by atoms with Gasteiger partial charge in [-0.15, -0.1) is 11.3 Å². The molecule has 0 bridgehead atoms. The molecule has 1 aliphatic carbocycles. The van der Waals surface area contributed by atoms with Crippen LogP contribution < -0.4 is 0 Å². The van der Waals surface area contributed by atoms with Gasteiger partial charge in [0, 0.05) is 12.0 Å². The summed E-state index contributed by atoms with van der Waals surface area (Å²) in [7, 11) is 0. The highest BCUT2D eigenvalue weighted by Crippen LogP contribution is 2.39. The van der Waals surface area contributed by atoms with Gasteiger partial charge in [0.15, 0.2) is 5.78 Å². The zero-order valence-electron chi connectivity index (χ0n) is 11.5. The van der Waals surface area contributed by atoms with Gasteiger partial charge in [-0.1, -0.05) is 43.7 Å². The Morgan fingerprint density at radius 2 is 1.84 bits per heavy atom. The first-order chi connectivity index (χ1) is 8.94. The number of hydrogen-bond donors (Lipinski definition) is 0. The summed E-state index contributed by atoms with van der Waals surface area (Å²) in [5.74, 6) is 0.252. The molecule has 0 unspecified atom stereocenters. The lowest BCUT2D eigenvalue weighted by Crippen LogP contribution is -2.25. The Kier molecular flexibility index (Phi) is 2.82. The van der Waals surface area contributed by atoms with E-state index in [0.29, 0.717) is 6.42 Å². The van der Waals surface area contributed by atoms with Crippen molar-refractivity contribution in [3.05, 3.63) is 40.4 Å². The van der Waals surface area contributed by atoms with Gasteiger partial charge in [0.2, 0.25) is 0 Å². The van der Waals surface area contributed by atoms with Gasteiger partial charge in [-0.05, 0) is 18.8 Å². The summed E-state index contributed by atoms with van der Waals surface area (Å²) in [5, 5.41) is 0.969. The maximum absolute atomic E-state index is 12.2. The average molecular weight is 271 g/mol. The Bertz CT molecular complexity index is 637. The van der Waals surface area contributed by atoms with Crippen molar-refractivity contribution in [2.75, 3.05) is 0 Å². The summed E-state index contributed by atoms with van der Waals surface area (Å²) >= 11 is 1.54. The van der Waals surface area contributed by atoms with Crippen LogP contribution in [0, 0.1) is 12.3 Å². The monoisotopic (exact) mass is 271 g/mol. The number of Topliss-reactive ketones (excluding diaryl/α,β-unsaturated/α-hetero) is 1. The first-order valence-corrected chi connectivity index (χ1v) is 7.36. The van der Waals surface area contributed by atoms with Gasteiger partial charge in [-0.2, -0.15) is 0 Å². The van der Waals surface area contributed by atoms with Crippen LogP contribution in [0.2, 0.25) is 0 Å². The molecule has 3 rings (SSSR count). The first-order valence-electron chi connectivity index (χ1n) is 6.55. The lowest BCUT2D eigenvalue weighted by molar-refractivity contribution is 0.0916. The fourth-order valence-corrected chi connectivity index (χ4v) is 3.56. The van der Waals surface area contributed by atoms with Crippen molar-refractivity contribution in [2.45, 2.75) is 33.6 Å². The van der Waals surface area contributed by atoms with Crippen LogP contribution in [0.15, 0.2) is 24.3 Å². The third-order valence-corrected chi connectivity index (χ3v) is 4.72. The third kappa shape index (κ3) is 2.35. The molecule has 0 radical (unpaired) electrons. The minimum absolute atomic E-state index is 0.0443. The van der Waals surface area contributed by atoms with Crippen molar-refractivity contribution in [2.24, 2.45) is 5.41 Å². The molecule has 0 N–H and O–H groups in total. The van der Waals surface area contributed by atoms with Crippen LogP contribution in [0.3, 0.4) is 0 Å². The SMILES string of the molecule is Cc1ccc(-c2nc3c(s2)C(=O)CC(C)(C)C3)cc1. The van der Waals surface area contributed by atoms with Crippen molar-refractivity contribution in [3.63, 3.8) is 0 Å². The number of aryl methyl sites for hydroxylation is 1. The minimum Gasteiger partial charge on any atom is -0.293 e. The largest absolute Gasteiger partial charge is 0.293 e. The summed E-state index contributed by atoms with van der Waals surface area (Å²) in [6, 6.07) is 8.33. The zero-order valence-corrected chi connectivity index (χ0v) is 12.3. The van der Waals surface area contributed by atoms with Crippen LogP contribution in [0.5, 0.6) is 0 Å². The van der Waals surface area contributed by atoms with Crippen molar-refractivity contribution >= 4 is 17.1 Å². The summed E-state index contributed by atoms with van der Waals surface area (Å²) in [5.41, 5.74) is 3.38. The molecule has 2 aromatic rings. The van der Waals surface area contributed by atoms with Crippen LogP contribution in [0.4, 0.5) is 0 Å². The molecule has 0 atom stereocenters. The maximum atomic E-state index is 12.2. The van der Waals surface area contributed by atoms with Crippen LogP contribution in [0.25, 0.3) is 10.6 Å². The number of benzene rings is 1. The summed E-state index contributed by atoms with van der Waals surface area (Å²) in [6.07, 6.45) is 1.53. The van der Waals surface area contributed by atoms with E-state index in [1.165, 1.54) is 5.56 Å². The molecule has 1 heterocycles. The molecule has 98 valence electrons. The molecule has 1 aromatic carbocycles. The molecule has 0 amide bonds. The molecule has 1 aliphatic rings. The highest BCUT2D eigenvalue weighted by molar-refractivity contribution is 7.17. The average Bonchev–Trinajstić information content (AvgIpc) is 2.72. The van der Waals surface area contributed by atoms with Gasteiger partial charge < -0.3 is 0 Å². The Hall–Kier alpha value is -1.48. The fraction of sp³-hybridized carbons (Fsp3) is 0.375. The van der Waals surface area contributed by atoms with Crippen molar-refractivity contribution in [1.29, 1.82) is 0 Å². The van der Waals surface area contributed by atoms with E-state index in [0.717, 1.165) is 27.6 Å². The predicted molar refractivity (Wildman–Crippen MR) is 78.7 cm³/mol. The van der Waals surface area contributed by atoms with E-state index in [2.05, 4.69) is 45.0 Å². The molecule has 0 saturated carbocycles. The molecular weight excluding hydrogens is 254 g/mol. The van der Waals surface area contributed by atoms with E-state index >= 15 is 0 Å². The number of rotatable bonds is 1. The fourth-order valence-electron chi connectivity index (χ4n) is 2.54. The molecule has 2 nitrogen and oxygen atoms in total. The van der Waals surface area contributed by atoms with Gasteiger partial charge >= 0.3 is 0 Å². The lowest BCUT2D eigenvalue weighted by atomic mass is 9.78. The van der Waals surface area contributed by atoms with Gasteiger partial charge in [0.1, 0.15) is 5.01 Å². The van der Waals surface area contributed by atoms with E-state index in [1.807, 2.05) is 0 Å². The Labute approximate surface area is 117 Å². The molecular formula is C16H17NOS. The molecule has 0 fully saturated rings. The van der Waals surface area contributed by atoms with Gasteiger partial charge in [-0.25, -0.2) is 4.98 Å². The van der Waals surface area contributed by atoms with Gasteiger partial charge in [0.25, 0.3) is 0 Å². The van der Waals surface area contributed by atoms with E-state index in [1.54, 1.807) is 11.3 Å². The summed E-state index contributed by atoms with van der Waals surface area (Å²) in [6.45, 7) is 6.35. The van der Waals surface area contributed by atoms with Crippen molar-refractivity contribution in [3.8, 4) is 10.6 Å². The number of thiazole rings is 1. The highest BCUT2D eigenvalue weighted by Gasteiger charge is 2.33. The Morgan fingerprint density at radius 1 is 1.16 bits per heavy atom. The van der Waals surface area contributed by atoms with E-state index in [4.69, 9.17) is 4.98 Å². The Morgan fingerprint density at radius 3 is 2.53 bits per heavy atom. The molecule has 3 heteroatoms. The smallest absolute Gasteiger partial charge is 0.175 e. The number of nitrogens with zero attached hydrogens (tertiary/aromatic N) is 1. The van der Waals surface area contributed by atoms with E-state index in [-0.39, 0.29) is 11.2 Å². The highest BCUT2D eigenvalue weighted by atomic mass is 32.1. The summed E-state index contributed by atoms with van der Waals surface area (Å²) < 4.78 is 0. The topological polar surface area (TPSA) is 30.0 Å². The maximum Gasteiger partial charge on any atom is 0.175 e. The van der Waals surface area contributed by atoms with Crippen molar-refractivity contribution < 1.29 is 4.79 Å². The van der Waals surface area contributed by atoms with E-state index < -0.39 is 0 Å². The number of hydrogen-bond acceptors (Lipinski definition) is 3. The molecule has 0 spiro atoms. The lowest BCUT2D eigenvalue weighted by Gasteiger charge is -2.26. The third-order valence-electron chi connectivity index (χ3n) is 3.53. The quantitative estimate of drug-likeness (QED) is 0.775. The number of carbonyl (C=O) groups is 1. The van der Waals surface area contributed by atoms with Gasteiger partial charge in [0.05, 0.1) is 10.6 Å². The number of ketones is 1. The van der Waals surface area contributed by atoms with Crippen LogP contribution in [-0.4, -0.2) is 10.8 Å².